The third-order valence-electron chi connectivity index (χ3n) is 1.97. The molecular weight excluding hydrogens is 264 g/mol. The summed E-state index contributed by atoms with van der Waals surface area (Å²) in [5.41, 5.74) is 0. The van der Waals surface area contributed by atoms with Crippen LogP contribution in [0.2, 0.25) is 0 Å². The second kappa shape index (κ2) is 9.45. The first kappa shape index (κ1) is 16.4. The van der Waals surface area contributed by atoms with E-state index >= 15 is 0 Å². The molecule has 0 aliphatic carbocycles. The van der Waals surface area contributed by atoms with Crippen molar-refractivity contribution in [1.29, 1.82) is 0 Å². The Kier molecular flexibility index (Phi) is 8.17. The van der Waals surface area contributed by atoms with E-state index in [1.165, 1.54) is 0 Å². The van der Waals surface area contributed by atoms with Gasteiger partial charge in [0.2, 0.25) is 0 Å². The maximum atomic E-state index is 11.3. The highest BCUT2D eigenvalue weighted by molar-refractivity contribution is 5.85. The summed E-state index contributed by atoms with van der Waals surface area (Å²) >= 11 is 0. The maximum absolute atomic E-state index is 11.3. The van der Waals surface area contributed by atoms with Gasteiger partial charge in [0.25, 0.3) is 0 Å². The van der Waals surface area contributed by atoms with Crippen LogP contribution in [0.1, 0.15) is 19.3 Å². The van der Waals surface area contributed by atoms with Crippen molar-refractivity contribution in [2.75, 3.05) is 0 Å². The van der Waals surface area contributed by atoms with Crippen molar-refractivity contribution >= 4 is 37.3 Å². The largest absolute Gasteiger partial charge is 0.395 e. The molecule has 0 aromatic heterocycles. The summed E-state index contributed by atoms with van der Waals surface area (Å²) < 4.78 is 12.0. The monoisotopic (exact) mass is 274 g/mol. The van der Waals surface area contributed by atoms with Crippen LogP contribution in [0.5, 0.6) is 0 Å². The average Bonchev–Trinajstić information content (AvgIpc) is 2.35. The summed E-state index contributed by atoms with van der Waals surface area (Å²) in [6, 6.07) is 0. The van der Waals surface area contributed by atoms with Crippen molar-refractivity contribution in [2.45, 2.75) is 19.3 Å². The van der Waals surface area contributed by atoms with Gasteiger partial charge in [0.05, 0.1) is 12.3 Å². The van der Waals surface area contributed by atoms with Crippen LogP contribution in [0.3, 0.4) is 0 Å². The van der Waals surface area contributed by atoms with Crippen LogP contribution in [0.15, 0.2) is 0 Å². The minimum Gasteiger partial charge on any atom is -0.395 e. The normalized spacial score (nSPS) is 10.7. The molecule has 104 valence electrons. The lowest BCUT2D eigenvalue weighted by Gasteiger charge is -2.11. The third-order valence-corrected chi connectivity index (χ3v) is 1.97. The zero-order chi connectivity index (χ0) is 14.7. The molecule has 0 aliphatic rings. The molecule has 0 amide bonds. The van der Waals surface area contributed by atoms with E-state index in [1.807, 2.05) is 0 Å². The fraction of sp³-hybridized carbons (Fsp3) is 0.400. The van der Waals surface area contributed by atoms with Gasteiger partial charge >= 0.3 is 37.3 Å². The van der Waals surface area contributed by atoms with Gasteiger partial charge in [-0.1, -0.05) is 0 Å². The Bertz CT molecular complexity index is 373. The van der Waals surface area contributed by atoms with Gasteiger partial charge in [-0.15, -0.1) is 0 Å². The Hall–Kier alpha value is -2.58. The first-order valence-electron chi connectivity index (χ1n) is 4.95. The van der Waals surface area contributed by atoms with Gasteiger partial charge in [-0.25, -0.2) is 0 Å². The third kappa shape index (κ3) is 7.36. The lowest BCUT2D eigenvalue weighted by Crippen LogP contribution is -2.23. The first-order chi connectivity index (χ1) is 9.04. The number of ether oxygens (including phenoxy) is 3. The lowest BCUT2D eigenvalue weighted by atomic mass is 10.00. The van der Waals surface area contributed by atoms with Gasteiger partial charge in [-0.2, -0.15) is 0 Å². The standard InChI is InChI=1S/C10H10O9/c11-4-17-8(14)2-1-7(10(16)19-6-13)3-9(15)18-5-12/h4-7H,1-3H2. The molecule has 0 heterocycles. The van der Waals surface area contributed by atoms with E-state index in [4.69, 9.17) is 0 Å². The summed E-state index contributed by atoms with van der Waals surface area (Å²) in [4.78, 5) is 63.0. The molecule has 0 fully saturated rings. The smallest absolute Gasteiger partial charge is 0.317 e. The first-order valence-corrected chi connectivity index (χ1v) is 4.95. The minimum atomic E-state index is -1.17. The van der Waals surface area contributed by atoms with E-state index < -0.39 is 30.2 Å². The van der Waals surface area contributed by atoms with Gasteiger partial charge in [-0.3, -0.25) is 28.8 Å². The summed E-state index contributed by atoms with van der Waals surface area (Å²) in [5.74, 6) is -4.16. The molecule has 0 bridgehead atoms. The maximum Gasteiger partial charge on any atom is 0.317 e. The number of hydrogen-bond donors (Lipinski definition) is 0. The van der Waals surface area contributed by atoms with Crippen LogP contribution in [0.4, 0.5) is 0 Å². The van der Waals surface area contributed by atoms with Crippen LogP contribution in [0, 0.1) is 5.92 Å². The molecule has 0 aromatic carbocycles. The topological polar surface area (TPSA) is 130 Å². The Morgan fingerprint density at radius 3 is 1.89 bits per heavy atom. The van der Waals surface area contributed by atoms with Crippen molar-refractivity contribution < 1.29 is 43.0 Å². The molecule has 0 aromatic rings. The summed E-state index contributed by atoms with van der Waals surface area (Å²) in [5, 5.41) is 0. The van der Waals surface area contributed by atoms with Crippen molar-refractivity contribution in [2.24, 2.45) is 5.92 Å². The molecule has 0 saturated heterocycles. The molecule has 9 heteroatoms. The molecule has 1 atom stereocenters. The Labute approximate surface area is 106 Å². The van der Waals surface area contributed by atoms with E-state index in [1.54, 1.807) is 0 Å². The Balaban J connectivity index is 4.48. The number of carbonyl (C=O) groups excluding carboxylic acids is 6. The fourth-order valence-corrected chi connectivity index (χ4v) is 1.15. The molecule has 0 rings (SSSR count). The van der Waals surface area contributed by atoms with Gasteiger partial charge < -0.3 is 14.2 Å². The van der Waals surface area contributed by atoms with E-state index in [-0.39, 0.29) is 32.3 Å². The number of rotatable bonds is 9. The molecule has 0 radical (unpaired) electrons. The predicted octanol–water partition coefficient (Wildman–Crippen LogP) is -1.13. The molecule has 0 spiro atoms. The zero-order valence-corrected chi connectivity index (χ0v) is 9.60. The van der Waals surface area contributed by atoms with E-state index in [0.29, 0.717) is 0 Å². The minimum absolute atomic E-state index is 0.0816. The van der Waals surface area contributed by atoms with Gasteiger partial charge in [-0.05, 0) is 6.42 Å². The summed E-state index contributed by atoms with van der Waals surface area (Å²) in [7, 11) is 0. The predicted molar refractivity (Wildman–Crippen MR) is 53.8 cm³/mol. The second-order valence-corrected chi connectivity index (χ2v) is 3.15. The summed E-state index contributed by atoms with van der Waals surface area (Å²) in [6.07, 6.45) is -1.13. The van der Waals surface area contributed by atoms with E-state index in [0.717, 1.165) is 0 Å². The molecule has 0 saturated carbocycles. The molecule has 19 heavy (non-hydrogen) atoms. The molecule has 0 aliphatic heterocycles. The molecule has 9 nitrogen and oxygen atoms in total. The van der Waals surface area contributed by atoms with Gasteiger partial charge in [0.15, 0.2) is 0 Å². The van der Waals surface area contributed by atoms with Crippen LogP contribution in [-0.2, 0) is 43.0 Å². The number of carbonyl (C=O) groups is 6. The van der Waals surface area contributed by atoms with Gasteiger partial charge in [0, 0.05) is 6.42 Å². The van der Waals surface area contributed by atoms with Crippen molar-refractivity contribution in [3.63, 3.8) is 0 Å². The molecular formula is C10H10O9. The fourth-order valence-electron chi connectivity index (χ4n) is 1.15. The van der Waals surface area contributed by atoms with Crippen molar-refractivity contribution in [3.05, 3.63) is 0 Å². The average molecular weight is 274 g/mol. The lowest BCUT2D eigenvalue weighted by molar-refractivity contribution is -0.161. The van der Waals surface area contributed by atoms with Crippen LogP contribution < -0.4 is 0 Å². The quantitative estimate of drug-likeness (QED) is 0.222. The molecule has 0 N–H and O–H groups in total. The number of hydrogen-bond acceptors (Lipinski definition) is 9. The van der Waals surface area contributed by atoms with Crippen molar-refractivity contribution in [1.82, 2.24) is 0 Å². The molecule has 1 unspecified atom stereocenters. The van der Waals surface area contributed by atoms with Gasteiger partial charge in [0.1, 0.15) is 0 Å². The Morgan fingerprint density at radius 2 is 1.37 bits per heavy atom. The van der Waals surface area contributed by atoms with E-state index in [2.05, 4.69) is 14.2 Å². The Morgan fingerprint density at radius 1 is 0.842 bits per heavy atom. The highest BCUT2D eigenvalue weighted by atomic mass is 16.6. The highest BCUT2D eigenvalue weighted by Crippen LogP contribution is 2.14. The zero-order valence-electron chi connectivity index (χ0n) is 9.60. The second-order valence-electron chi connectivity index (χ2n) is 3.15. The van der Waals surface area contributed by atoms with Crippen LogP contribution >= 0.6 is 0 Å². The van der Waals surface area contributed by atoms with Crippen molar-refractivity contribution in [3.8, 4) is 0 Å². The number of esters is 3. The SMILES string of the molecule is O=COC(=O)CCC(CC(=O)OC=O)C(=O)OC=O. The highest BCUT2D eigenvalue weighted by Gasteiger charge is 2.25. The van der Waals surface area contributed by atoms with E-state index in [9.17, 15) is 28.8 Å². The summed E-state index contributed by atoms with van der Waals surface area (Å²) in [6.45, 7) is -0.336. The van der Waals surface area contributed by atoms with Crippen LogP contribution in [0.25, 0.3) is 0 Å². The van der Waals surface area contributed by atoms with Crippen LogP contribution in [-0.4, -0.2) is 37.3 Å².